The number of nitrogens with one attached hydrogen (secondary N) is 1. The van der Waals surface area contributed by atoms with Crippen molar-refractivity contribution in [2.24, 2.45) is 23.7 Å². The van der Waals surface area contributed by atoms with Gasteiger partial charge in [0.15, 0.2) is 0 Å². The van der Waals surface area contributed by atoms with Gasteiger partial charge in [0.2, 0.25) is 5.91 Å². The van der Waals surface area contributed by atoms with Crippen molar-refractivity contribution in [3.05, 3.63) is 59.7 Å². The number of ether oxygens (including phenoxy) is 1. The zero-order valence-electron chi connectivity index (χ0n) is 18.1. The fourth-order valence-electron chi connectivity index (χ4n) is 6.09. The van der Waals surface area contributed by atoms with Gasteiger partial charge in [-0.25, -0.2) is 4.79 Å². The van der Waals surface area contributed by atoms with E-state index in [-0.39, 0.29) is 42.2 Å². The molecular formula is C26H26N2O5. The number of benzene rings is 2. The predicted octanol–water partition coefficient (Wildman–Crippen LogP) is 3.09. The number of carboxylic acid groups (broad SMARTS) is 1. The van der Waals surface area contributed by atoms with Gasteiger partial charge in [-0.15, -0.1) is 0 Å². The number of amides is 2. The first-order valence-corrected chi connectivity index (χ1v) is 11.6. The second-order valence-corrected chi connectivity index (χ2v) is 9.73. The van der Waals surface area contributed by atoms with Crippen molar-refractivity contribution in [3.63, 3.8) is 0 Å². The maximum atomic E-state index is 12.8. The standard InChI is InChI=1S/C26H26N2O5/c29-24(28-12-15-10-22(28)23(15)25(30)31)20-9-14(20)11-27-26(32)33-13-21-18-7-3-1-5-16(18)17-6-2-4-8-19(17)21/h1-8,14-15,20-23H,9-13H2,(H,27,32)(H,30,31)/t14-,15?,20-,22?,23?/m0/s1. The molecule has 2 aromatic rings. The smallest absolute Gasteiger partial charge is 0.407 e. The van der Waals surface area contributed by atoms with E-state index in [0.717, 1.165) is 12.8 Å². The van der Waals surface area contributed by atoms with Gasteiger partial charge in [0.05, 0.1) is 5.92 Å². The number of aliphatic carboxylic acids is 1. The molecule has 7 nitrogen and oxygen atoms in total. The zero-order valence-corrected chi connectivity index (χ0v) is 18.1. The Kier molecular flexibility index (Phi) is 4.67. The summed E-state index contributed by atoms with van der Waals surface area (Å²) in [5, 5.41) is 12.1. The molecule has 2 N–H and O–H groups in total. The first kappa shape index (κ1) is 20.3. The van der Waals surface area contributed by atoms with Crippen molar-refractivity contribution < 1.29 is 24.2 Å². The van der Waals surface area contributed by atoms with Crippen LogP contribution in [0.5, 0.6) is 0 Å². The Hall–Kier alpha value is -3.35. The van der Waals surface area contributed by atoms with E-state index < -0.39 is 18.0 Å². The van der Waals surface area contributed by atoms with Gasteiger partial charge in [-0.05, 0) is 46.9 Å². The van der Waals surface area contributed by atoms with E-state index in [1.807, 2.05) is 24.3 Å². The van der Waals surface area contributed by atoms with E-state index in [1.54, 1.807) is 4.90 Å². The molecule has 2 saturated heterocycles. The van der Waals surface area contributed by atoms with Crippen LogP contribution < -0.4 is 5.32 Å². The number of rotatable bonds is 6. The van der Waals surface area contributed by atoms with E-state index in [2.05, 4.69) is 29.6 Å². The van der Waals surface area contributed by atoms with Crippen LogP contribution in [0.4, 0.5) is 4.79 Å². The van der Waals surface area contributed by atoms with Crippen LogP contribution >= 0.6 is 0 Å². The minimum absolute atomic E-state index is 0.0160. The molecule has 2 bridgehead atoms. The normalized spacial score (nSPS) is 28.5. The topological polar surface area (TPSA) is 95.9 Å². The molecule has 3 unspecified atom stereocenters. The highest BCUT2D eigenvalue weighted by Gasteiger charge is 2.59. The lowest BCUT2D eigenvalue weighted by Crippen LogP contribution is -2.45. The molecule has 4 fully saturated rings. The molecule has 5 aliphatic rings. The summed E-state index contributed by atoms with van der Waals surface area (Å²) >= 11 is 0. The fourth-order valence-corrected chi connectivity index (χ4v) is 6.09. The van der Waals surface area contributed by atoms with Crippen LogP contribution in [0.25, 0.3) is 11.1 Å². The Morgan fingerprint density at radius 1 is 1.00 bits per heavy atom. The second kappa shape index (κ2) is 7.61. The summed E-state index contributed by atoms with van der Waals surface area (Å²) in [6.07, 6.45) is 1.07. The molecule has 2 aliphatic heterocycles. The molecule has 170 valence electrons. The maximum Gasteiger partial charge on any atom is 0.407 e. The summed E-state index contributed by atoms with van der Waals surface area (Å²) in [7, 11) is 0. The Balaban J connectivity index is 1.00. The van der Waals surface area contributed by atoms with Crippen molar-refractivity contribution in [1.82, 2.24) is 10.2 Å². The summed E-state index contributed by atoms with van der Waals surface area (Å²) < 4.78 is 5.57. The van der Waals surface area contributed by atoms with E-state index in [4.69, 9.17) is 4.74 Å². The van der Waals surface area contributed by atoms with Crippen LogP contribution in [0, 0.1) is 23.7 Å². The lowest BCUT2D eigenvalue weighted by molar-refractivity contribution is -0.148. The highest BCUT2D eigenvalue weighted by Crippen LogP contribution is 2.50. The maximum absolute atomic E-state index is 12.8. The lowest BCUT2D eigenvalue weighted by Gasteiger charge is -2.33. The second-order valence-electron chi connectivity index (χ2n) is 9.73. The van der Waals surface area contributed by atoms with Gasteiger partial charge in [-0.2, -0.15) is 0 Å². The number of hydrogen-bond donors (Lipinski definition) is 2. The third-order valence-electron chi connectivity index (χ3n) is 7.96. The zero-order chi connectivity index (χ0) is 22.7. The van der Waals surface area contributed by atoms with E-state index >= 15 is 0 Å². The molecule has 2 heterocycles. The number of carbonyl (C=O) groups excluding carboxylic acids is 2. The molecule has 0 spiro atoms. The number of carbonyl (C=O) groups is 3. The van der Waals surface area contributed by atoms with Crippen molar-refractivity contribution in [1.29, 1.82) is 0 Å². The van der Waals surface area contributed by atoms with Gasteiger partial charge in [-0.1, -0.05) is 48.5 Å². The van der Waals surface area contributed by atoms with Crippen molar-refractivity contribution in [2.75, 3.05) is 19.7 Å². The van der Waals surface area contributed by atoms with Crippen LogP contribution in [0.1, 0.15) is 29.9 Å². The summed E-state index contributed by atoms with van der Waals surface area (Å²) in [4.78, 5) is 38.3. The third-order valence-corrected chi connectivity index (χ3v) is 7.96. The van der Waals surface area contributed by atoms with Gasteiger partial charge >= 0.3 is 12.1 Å². The first-order valence-electron chi connectivity index (χ1n) is 11.6. The quantitative estimate of drug-likeness (QED) is 0.711. The Morgan fingerprint density at radius 2 is 1.67 bits per heavy atom. The Morgan fingerprint density at radius 3 is 2.30 bits per heavy atom. The molecule has 3 aliphatic carbocycles. The molecular weight excluding hydrogens is 420 g/mol. The molecule has 33 heavy (non-hydrogen) atoms. The number of alkyl carbamates (subject to hydrolysis) is 1. The van der Waals surface area contributed by atoms with Crippen LogP contribution in [0.3, 0.4) is 0 Å². The van der Waals surface area contributed by atoms with Gasteiger partial charge in [0.1, 0.15) is 6.61 Å². The minimum Gasteiger partial charge on any atom is -0.481 e. The Bertz CT molecular complexity index is 1100. The van der Waals surface area contributed by atoms with Gasteiger partial charge < -0.3 is 20.1 Å². The van der Waals surface area contributed by atoms with Crippen LogP contribution in [0.2, 0.25) is 0 Å². The van der Waals surface area contributed by atoms with Crippen LogP contribution in [-0.2, 0) is 14.3 Å². The van der Waals surface area contributed by atoms with Crippen LogP contribution in [-0.4, -0.2) is 53.7 Å². The molecule has 7 heteroatoms. The van der Waals surface area contributed by atoms with Crippen molar-refractivity contribution in [2.45, 2.75) is 24.8 Å². The molecule has 7 rings (SSSR count). The average Bonchev–Trinajstić information content (AvgIpc) is 3.14. The summed E-state index contributed by atoms with van der Waals surface area (Å²) in [6, 6.07) is 16.3. The number of carboxylic acids is 1. The number of fused-ring (bicyclic) bond motifs is 4. The SMILES string of the molecule is O=C(NC[C@@H]1C[C@@H]1C(=O)N1CC2CC1C2C(=O)O)OCC1c2ccccc2-c2ccccc21. The lowest BCUT2D eigenvalue weighted by atomic mass is 9.74. The first-order chi connectivity index (χ1) is 16.0. The number of nitrogens with zero attached hydrogens (tertiary/aromatic N) is 1. The summed E-state index contributed by atoms with van der Waals surface area (Å²) in [6.45, 7) is 1.22. The van der Waals surface area contributed by atoms with Crippen LogP contribution in [0.15, 0.2) is 48.5 Å². The molecule has 2 aromatic carbocycles. The summed E-state index contributed by atoms with van der Waals surface area (Å²) in [5.41, 5.74) is 4.71. The third kappa shape index (κ3) is 3.29. The molecule has 2 amide bonds. The van der Waals surface area contributed by atoms with E-state index in [9.17, 15) is 19.5 Å². The van der Waals surface area contributed by atoms with Gasteiger partial charge in [0, 0.05) is 31.0 Å². The molecule has 5 atom stereocenters. The monoisotopic (exact) mass is 446 g/mol. The predicted molar refractivity (Wildman–Crippen MR) is 119 cm³/mol. The van der Waals surface area contributed by atoms with E-state index in [1.165, 1.54) is 22.3 Å². The largest absolute Gasteiger partial charge is 0.481 e. The summed E-state index contributed by atoms with van der Waals surface area (Å²) in [5.74, 6) is -1.05. The highest BCUT2D eigenvalue weighted by molar-refractivity contribution is 5.85. The minimum atomic E-state index is -0.796. The highest BCUT2D eigenvalue weighted by atomic mass is 16.5. The average molecular weight is 447 g/mol. The fraction of sp³-hybridized carbons (Fsp3) is 0.423. The van der Waals surface area contributed by atoms with Crippen molar-refractivity contribution >= 4 is 18.0 Å². The van der Waals surface area contributed by atoms with Gasteiger partial charge in [-0.3, -0.25) is 9.59 Å². The van der Waals surface area contributed by atoms with Gasteiger partial charge in [0.25, 0.3) is 0 Å². The molecule has 2 saturated carbocycles. The number of hydrogen-bond acceptors (Lipinski definition) is 4. The van der Waals surface area contributed by atoms with Crippen molar-refractivity contribution in [3.8, 4) is 11.1 Å². The Labute approximate surface area is 191 Å². The van der Waals surface area contributed by atoms with E-state index in [0.29, 0.717) is 13.1 Å². The molecule has 0 aromatic heterocycles. The molecule has 0 radical (unpaired) electrons.